The lowest BCUT2D eigenvalue weighted by Gasteiger charge is -2.01. The van der Waals surface area contributed by atoms with Gasteiger partial charge < -0.3 is 16.6 Å². The molecule has 0 radical (unpaired) electrons. The van der Waals surface area contributed by atoms with Gasteiger partial charge in [-0.3, -0.25) is 10.2 Å². The highest BCUT2D eigenvalue weighted by Crippen LogP contribution is 1.91. The molecule has 7 nitrogen and oxygen atoms in total. The summed E-state index contributed by atoms with van der Waals surface area (Å²) < 4.78 is 0. The van der Waals surface area contributed by atoms with E-state index in [4.69, 9.17) is 22.0 Å². The third-order valence-electron chi connectivity index (χ3n) is 1.20. The first-order chi connectivity index (χ1) is 6.04. The molecule has 1 atom stereocenters. The highest BCUT2D eigenvalue weighted by molar-refractivity contribution is 5.75. The number of carboxylic acid groups (broad SMARTS) is 1. The second-order valence-electron chi connectivity index (χ2n) is 2.36. The third-order valence-corrected chi connectivity index (χ3v) is 1.20. The highest BCUT2D eigenvalue weighted by atomic mass is 16.4. The summed E-state index contributed by atoms with van der Waals surface area (Å²) in [6.45, 7) is 0. The number of hydrogen-bond acceptors (Lipinski definition) is 4. The first-order valence-corrected chi connectivity index (χ1v) is 3.64. The number of carboxylic acids is 1. The van der Waals surface area contributed by atoms with Crippen molar-refractivity contribution in [2.75, 3.05) is 0 Å². The molecular formula is C6H13N5O2. The minimum Gasteiger partial charge on any atom is -0.480 e. The predicted molar refractivity (Wildman–Crippen MR) is 48.4 cm³/mol. The zero-order chi connectivity index (χ0) is 10.3. The van der Waals surface area contributed by atoms with Crippen LogP contribution >= 0.6 is 0 Å². The van der Waals surface area contributed by atoms with Crippen molar-refractivity contribution < 1.29 is 9.90 Å². The molecule has 0 saturated heterocycles. The molecule has 0 aromatic heterocycles. The van der Waals surface area contributed by atoms with E-state index in [1.807, 2.05) is 0 Å². The topological polar surface area (TPSA) is 138 Å². The average molecular weight is 187 g/mol. The number of carbonyl (C=O) groups is 1. The predicted octanol–water partition coefficient (Wildman–Crippen LogP) is -1.35. The van der Waals surface area contributed by atoms with E-state index in [1.54, 1.807) is 0 Å². The van der Waals surface area contributed by atoms with E-state index in [2.05, 4.69) is 10.5 Å². The van der Waals surface area contributed by atoms with Crippen LogP contribution < -0.4 is 16.9 Å². The van der Waals surface area contributed by atoms with E-state index in [-0.39, 0.29) is 5.96 Å². The van der Waals surface area contributed by atoms with Crippen LogP contribution in [-0.4, -0.2) is 29.3 Å². The second-order valence-corrected chi connectivity index (χ2v) is 2.36. The normalized spacial score (nSPS) is 12.7. The summed E-state index contributed by atoms with van der Waals surface area (Å²) in [5.74, 6) is -1.30. The van der Waals surface area contributed by atoms with Gasteiger partial charge in [0.2, 0.25) is 5.96 Å². The molecule has 0 rings (SSSR count). The number of hydrogen-bond donors (Lipinski definition) is 5. The van der Waals surface area contributed by atoms with Gasteiger partial charge in [-0.25, -0.2) is 5.43 Å². The number of nitrogens with one attached hydrogen (secondary N) is 2. The SMILES string of the molecule is N=C(N)N/N=C/CCC(N)C(=O)O. The second kappa shape index (κ2) is 5.95. The maximum atomic E-state index is 10.2. The van der Waals surface area contributed by atoms with Crippen LogP contribution in [0.25, 0.3) is 0 Å². The van der Waals surface area contributed by atoms with Crippen LogP contribution in [-0.2, 0) is 4.79 Å². The molecule has 0 aromatic carbocycles. The lowest BCUT2D eigenvalue weighted by molar-refractivity contribution is -0.138. The van der Waals surface area contributed by atoms with Gasteiger partial charge in [0.15, 0.2) is 0 Å². The maximum absolute atomic E-state index is 10.2. The number of guanidine groups is 1. The van der Waals surface area contributed by atoms with Crippen LogP contribution in [0.1, 0.15) is 12.8 Å². The number of hydrazone groups is 1. The van der Waals surface area contributed by atoms with E-state index in [0.717, 1.165) is 0 Å². The molecule has 0 bridgehead atoms. The summed E-state index contributed by atoms with van der Waals surface area (Å²) in [5.41, 5.74) is 12.3. The lowest BCUT2D eigenvalue weighted by Crippen LogP contribution is -2.30. The number of rotatable bonds is 5. The fourth-order valence-electron chi connectivity index (χ4n) is 0.557. The monoisotopic (exact) mass is 187 g/mol. The van der Waals surface area contributed by atoms with Crippen LogP contribution in [0.3, 0.4) is 0 Å². The fourth-order valence-corrected chi connectivity index (χ4v) is 0.557. The van der Waals surface area contributed by atoms with Gasteiger partial charge in [-0.05, 0) is 12.8 Å². The first kappa shape index (κ1) is 11.4. The highest BCUT2D eigenvalue weighted by Gasteiger charge is 2.08. The average Bonchev–Trinajstić information content (AvgIpc) is 2.02. The summed E-state index contributed by atoms with van der Waals surface area (Å²) in [7, 11) is 0. The third kappa shape index (κ3) is 6.76. The Hall–Kier alpha value is -1.63. The van der Waals surface area contributed by atoms with Crippen LogP contribution in [0, 0.1) is 5.41 Å². The van der Waals surface area contributed by atoms with E-state index in [0.29, 0.717) is 12.8 Å². The smallest absolute Gasteiger partial charge is 0.320 e. The van der Waals surface area contributed by atoms with E-state index in [9.17, 15) is 4.79 Å². The Bertz CT molecular complexity index is 215. The Morgan fingerprint density at radius 1 is 1.77 bits per heavy atom. The molecule has 1 unspecified atom stereocenters. The standard InChI is InChI=1S/C6H13N5O2/c7-4(5(12)13)2-1-3-10-11-6(8)9/h3-4H,1-2,7H2,(H,12,13)(H4,8,9,11)/b10-3+. The first-order valence-electron chi connectivity index (χ1n) is 3.64. The van der Waals surface area contributed by atoms with Crippen LogP contribution in [0.2, 0.25) is 0 Å². The van der Waals surface area contributed by atoms with Crippen molar-refractivity contribution in [3.05, 3.63) is 0 Å². The molecule has 7 N–H and O–H groups in total. The van der Waals surface area contributed by atoms with Gasteiger partial charge in [0.1, 0.15) is 6.04 Å². The summed E-state index contributed by atoms with van der Waals surface area (Å²) in [6, 6.07) is -0.872. The van der Waals surface area contributed by atoms with Crippen molar-refractivity contribution in [2.45, 2.75) is 18.9 Å². The molecular weight excluding hydrogens is 174 g/mol. The molecule has 0 aliphatic carbocycles. The fraction of sp³-hybridized carbons (Fsp3) is 0.500. The summed E-state index contributed by atoms with van der Waals surface area (Å²) in [4.78, 5) is 10.2. The van der Waals surface area contributed by atoms with E-state index in [1.165, 1.54) is 6.21 Å². The molecule has 0 aromatic rings. The van der Waals surface area contributed by atoms with E-state index >= 15 is 0 Å². The van der Waals surface area contributed by atoms with Crippen molar-refractivity contribution >= 4 is 18.1 Å². The zero-order valence-corrected chi connectivity index (χ0v) is 7.03. The van der Waals surface area contributed by atoms with Gasteiger partial charge in [0.05, 0.1) is 0 Å². The quantitative estimate of drug-likeness (QED) is 0.206. The molecule has 0 saturated carbocycles. The molecule has 0 fully saturated rings. The molecule has 74 valence electrons. The Labute approximate surface area is 75.3 Å². The number of nitrogens with two attached hydrogens (primary N) is 2. The van der Waals surface area contributed by atoms with Crippen molar-refractivity contribution in [1.29, 1.82) is 5.41 Å². The Balaban J connectivity index is 3.50. The van der Waals surface area contributed by atoms with Crippen LogP contribution in [0.4, 0.5) is 0 Å². The zero-order valence-electron chi connectivity index (χ0n) is 7.03. The lowest BCUT2D eigenvalue weighted by atomic mass is 10.2. The largest absolute Gasteiger partial charge is 0.480 e. The molecule has 0 spiro atoms. The van der Waals surface area contributed by atoms with Crippen molar-refractivity contribution in [1.82, 2.24) is 5.43 Å². The van der Waals surface area contributed by atoms with Gasteiger partial charge in [0.25, 0.3) is 0 Å². The Kier molecular flexibility index (Phi) is 5.20. The van der Waals surface area contributed by atoms with Crippen LogP contribution in [0.15, 0.2) is 5.10 Å². The number of aliphatic carboxylic acids is 1. The molecule has 0 aliphatic rings. The maximum Gasteiger partial charge on any atom is 0.320 e. The minimum atomic E-state index is -1.03. The summed E-state index contributed by atoms with van der Waals surface area (Å²) in [5, 5.41) is 18.6. The number of nitrogens with zero attached hydrogens (tertiary/aromatic N) is 1. The minimum absolute atomic E-state index is 0.265. The van der Waals surface area contributed by atoms with Crippen molar-refractivity contribution in [3.63, 3.8) is 0 Å². The Morgan fingerprint density at radius 3 is 2.85 bits per heavy atom. The molecule has 0 heterocycles. The van der Waals surface area contributed by atoms with Crippen LogP contribution in [0.5, 0.6) is 0 Å². The van der Waals surface area contributed by atoms with Gasteiger partial charge in [-0.15, -0.1) is 0 Å². The van der Waals surface area contributed by atoms with Crippen molar-refractivity contribution in [2.24, 2.45) is 16.6 Å². The van der Waals surface area contributed by atoms with E-state index < -0.39 is 12.0 Å². The molecule has 13 heavy (non-hydrogen) atoms. The molecule has 7 heteroatoms. The summed E-state index contributed by atoms with van der Waals surface area (Å²) in [6.07, 6.45) is 2.15. The van der Waals surface area contributed by atoms with Crippen molar-refractivity contribution in [3.8, 4) is 0 Å². The van der Waals surface area contributed by atoms with Gasteiger partial charge in [0, 0.05) is 6.21 Å². The van der Waals surface area contributed by atoms with Gasteiger partial charge in [-0.1, -0.05) is 0 Å². The summed E-state index contributed by atoms with van der Waals surface area (Å²) >= 11 is 0. The van der Waals surface area contributed by atoms with Gasteiger partial charge in [-0.2, -0.15) is 5.10 Å². The Morgan fingerprint density at radius 2 is 2.38 bits per heavy atom. The molecule has 0 amide bonds. The molecule has 0 aliphatic heterocycles. The van der Waals surface area contributed by atoms with Gasteiger partial charge >= 0.3 is 5.97 Å².